The molecule has 3 heterocycles. The molecule has 1 N–H and O–H groups in total. The summed E-state index contributed by atoms with van der Waals surface area (Å²) >= 11 is 0. The average molecular weight is 661 g/mol. The summed E-state index contributed by atoms with van der Waals surface area (Å²) in [5.74, 6) is -0.996. The number of aryl methyl sites for hydroxylation is 2. The van der Waals surface area contributed by atoms with Gasteiger partial charge in [-0.25, -0.2) is 18.1 Å². The predicted octanol–water partition coefficient (Wildman–Crippen LogP) is 4.77. The number of carbonyl (C=O) groups excluding carboxylic acids is 1. The molecule has 12 nitrogen and oxygen atoms in total. The number of pyridine rings is 1. The molecule has 0 aliphatic carbocycles. The zero-order chi connectivity index (χ0) is 33.9. The number of aromatic nitrogens is 3. The van der Waals surface area contributed by atoms with Gasteiger partial charge < -0.3 is 33.6 Å². The molecule has 3 aromatic carbocycles. The lowest BCUT2D eigenvalue weighted by Gasteiger charge is -2.23. The number of fused-ring (bicyclic) bond motifs is 3. The Hall–Kier alpha value is -5.76. The lowest BCUT2D eigenvalue weighted by Crippen LogP contribution is -2.41. The van der Waals surface area contributed by atoms with Crippen LogP contribution in [0.4, 0.5) is 14.5 Å². The summed E-state index contributed by atoms with van der Waals surface area (Å²) in [5, 5.41) is 3.04. The Morgan fingerprint density at radius 2 is 1.73 bits per heavy atom. The maximum atomic E-state index is 15.7. The summed E-state index contributed by atoms with van der Waals surface area (Å²) in [6, 6.07) is 10.5. The minimum Gasteiger partial charge on any atom is -0.487 e. The first-order chi connectivity index (χ1) is 23.2. The van der Waals surface area contributed by atoms with E-state index in [1.54, 1.807) is 26.2 Å². The van der Waals surface area contributed by atoms with Crippen molar-refractivity contribution in [1.29, 1.82) is 0 Å². The van der Waals surface area contributed by atoms with Crippen molar-refractivity contribution in [1.82, 2.24) is 14.1 Å². The number of nitrogens with one attached hydrogen (secondary N) is 1. The number of ether oxygens (including phenoxy) is 5. The molecule has 0 unspecified atom stereocenters. The van der Waals surface area contributed by atoms with E-state index in [1.807, 2.05) is 0 Å². The van der Waals surface area contributed by atoms with Crippen molar-refractivity contribution >= 4 is 22.5 Å². The standard InChI is InChI=1S/C34H30F2N4O8/c1-4-19-15-27(48-26-9-10-37-25-17-28(45-12-11-44-3)30-31(29(25)26)47-14-13-46-30)23(36)16-24(19)38-32(41)22-18-39(2)34(43)40(33(22)42)21-7-5-20(35)6-8-21/h5-10,15-18H,4,11-14H2,1-3H3,(H,38,41). The van der Waals surface area contributed by atoms with E-state index in [2.05, 4.69) is 10.3 Å². The highest BCUT2D eigenvalue weighted by Gasteiger charge is 2.26. The number of amides is 1. The second-order valence-electron chi connectivity index (χ2n) is 10.7. The van der Waals surface area contributed by atoms with Gasteiger partial charge in [0.1, 0.15) is 37.0 Å². The van der Waals surface area contributed by atoms with E-state index in [0.717, 1.165) is 33.5 Å². The minimum absolute atomic E-state index is 0.0788. The molecular formula is C34H30F2N4O8. The van der Waals surface area contributed by atoms with Crippen LogP contribution in [-0.2, 0) is 18.2 Å². The summed E-state index contributed by atoms with van der Waals surface area (Å²) in [6.45, 7) is 3.00. The molecule has 14 heteroatoms. The monoisotopic (exact) mass is 660 g/mol. The third kappa shape index (κ3) is 6.17. The van der Waals surface area contributed by atoms with Crippen LogP contribution < -0.4 is 35.5 Å². The second-order valence-corrected chi connectivity index (χ2v) is 10.7. The molecule has 6 rings (SSSR count). The van der Waals surface area contributed by atoms with Gasteiger partial charge in [-0.1, -0.05) is 6.92 Å². The lowest BCUT2D eigenvalue weighted by molar-refractivity contribution is 0.102. The molecule has 2 aromatic heterocycles. The second kappa shape index (κ2) is 13.5. The van der Waals surface area contributed by atoms with Crippen LogP contribution in [0.1, 0.15) is 22.8 Å². The smallest absolute Gasteiger partial charge is 0.335 e. The topological polar surface area (TPSA) is 132 Å². The molecule has 0 atom stereocenters. The van der Waals surface area contributed by atoms with E-state index in [0.29, 0.717) is 53.3 Å². The van der Waals surface area contributed by atoms with Crippen LogP contribution in [0.15, 0.2) is 70.5 Å². The predicted molar refractivity (Wildman–Crippen MR) is 171 cm³/mol. The maximum Gasteiger partial charge on any atom is 0.335 e. The Bertz CT molecular complexity index is 2150. The molecule has 1 aliphatic rings. The number of nitrogens with zero attached hydrogens (tertiary/aromatic N) is 3. The van der Waals surface area contributed by atoms with Crippen LogP contribution in [-0.4, -0.2) is 53.6 Å². The largest absolute Gasteiger partial charge is 0.487 e. The molecule has 0 bridgehead atoms. The van der Waals surface area contributed by atoms with Gasteiger partial charge in [0.15, 0.2) is 23.1 Å². The van der Waals surface area contributed by atoms with Gasteiger partial charge in [0, 0.05) is 44.4 Å². The van der Waals surface area contributed by atoms with Crippen molar-refractivity contribution in [3.05, 3.63) is 105 Å². The molecule has 48 heavy (non-hydrogen) atoms. The fraction of sp³-hybridized carbons (Fsp3) is 0.235. The van der Waals surface area contributed by atoms with Gasteiger partial charge in [-0.15, -0.1) is 0 Å². The number of carbonyl (C=O) groups is 1. The Morgan fingerprint density at radius 1 is 0.979 bits per heavy atom. The first kappa shape index (κ1) is 32.2. The fourth-order valence-corrected chi connectivity index (χ4v) is 5.23. The van der Waals surface area contributed by atoms with Gasteiger partial charge in [-0.05, 0) is 48.4 Å². The molecule has 1 aliphatic heterocycles. The van der Waals surface area contributed by atoms with Gasteiger partial charge in [-0.2, -0.15) is 0 Å². The summed E-state index contributed by atoms with van der Waals surface area (Å²) in [6.07, 6.45) is 2.95. The molecule has 0 saturated carbocycles. The van der Waals surface area contributed by atoms with E-state index in [9.17, 15) is 18.8 Å². The molecule has 0 fully saturated rings. The summed E-state index contributed by atoms with van der Waals surface area (Å²) in [7, 11) is 2.93. The molecular weight excluding hydrogens is 630 g/mol. The Balaban J connectivity index is 1.33. The normalized spacial score (nSPS) is 12.2. The molecule has 0 radical (unpaired) electrons. The number of hydrogen-bond acceptors (Lipinski definition) is 9. The van der Waals surface area contributed by atoms with E-state index in [1.165, 1.54) is 31.4 Å². The van der Waals surface area contributed by atoms with Crippen LogP contribution >= 0.6 is 0 Å². The summed E-state index contributed by atoms with van der Waals surface area (Å²) in [5.41, 5.74) is -0.903. The summed E-state index contributed by atoms with van der Waals surface area (Å²) < 4.78 is 59.8. The molecule has 5 aromatic rings. The molecule has 0 spiro atoms. The number of anilines is 1. The van der Waals surface area contributed by atoms with Crippen LogP contribution in [0.2, 0.25) is 0 Å². The highest BCUT2D eigenvalue weighted by molar-refractivity contribution is 6.04. The highest BCUT2D eigenvalue weighted by Crippen LogP contribution is 2.48. The zero-order valence-corrected chi connectivity index (χ0v) is 26.2. The van der Waals surface area contributed by atoms with Crippen molar-refractivity contribution in [2.75, 3.05) is 38.9 Å². The van der Waals surface area contributed by atoms with Gasteiger partial charge in [0.05, 0.1) is 23.2 Å². The third-order valence-corrected chi connectivity index (χ3v) is 7.57. The SMILES string of the molecule is CCc1cc(Oc2ccnc3cc(OCCOC)c4c(c23)OCCO4)c(F)cc1NC(=O)c1cn(C)c(=O)n(-c2ccc(F)cc2)c1=O. The lowest BCUT2D eigenvalue weighted by atomic mass is 10.1. The number of rotatable bonds is 10. The van der Waals surface area contributed by atoms with Crippen molar-refractivity contribution in [3.8, 4) is 34.4 Å². The van der Waals surface area contributed by atoms with E-state index < -0.39 is 28.8 Å². The first-order valence-electron chi connectivity index (χ1n) is 14.9. The maximum absolute atomic E-state index is 15.7. The highest BCUT2D eigenvalue weighted by atomic mass is 19.1. The van der Waals surface area contributed by atoms with E-state index >= 15 is 4.39 Å². The Kier molecular flexibility index (Phi) is 9.08. The quantitative estimate of drug-likeness (QED) is 0.211. The summed E-state index contributed by atoms with van der Waals surface area (Å²) in [4.78, 5) is 43.9. The van der Waals surface area contributed by atoms with E-state index in [4.69, 9.17) is 23.7 Å². The zero-order valence-electron chi connectivity index (χ0n) is 26.2. The van der Waals surface area contributed by atoms with E-state index in [-0.39, 0.29) is 41.7 Å². The number of halogens is 2. The first-order valence-corrected chi connectivity index (χ1v) is 14.9. The van der Waals surface area contributed by atoms with Crippen LogP contribution in [0.5, 0.6) is 28.7 Å². The van der Waals surface area contributed by atoms with Gasteiger partial charge >= 0.3 is 5.69 Å². The van der Waals surface area contributed by atoms with Crippen LogP contribution in [0, 0.1) is 11.6 Å². The molecule has 0 saturated heterocycles. The third-order valence-electron chi connectivity index (χ3n) is 7.57. The van der Waals surface area contributed by atoms with Crippen molar-refractivity contribution in [2.45, 2.75) is 13.3 Å². The van der Waals surface area contributed by atoms with Crippen molar-refractivity contribution < 1.29 is 37.3 Å². The Labute approximate surface area is 272 Å². The number of benzene rings is 3. The average Bonchev–Trinajstić information content (AvgIpc) is 3.08. The minimum atomic E-state index is -0.924. The van der Waals surface area contributed by atoms with Crippen LogP contribution in [0.3, 0.4) is 0 Å². The van der Waals surface area contributed by atoms with Gasteiger partial charge in [-0.3, -0.25) is 14.6 Å². The van der Waals surface area contributed by atoms with Gasteiger partial charge in [0.2, 0.25) is 5.75 Å². The fourth-order valence-electron chi connectivity index (χ4n) is 5.23. The molecule has 248 valence electrons. The number of methoxy groups -OCH3 is 1. The molecule has 1 amide bonds. The van der Waals surface area contributed by atoms with Crippen molar-refractivity contribution in [2.24, 2.45) is 7.05 Å². The number of hydrogen-bond donors (Lipinski definition) is 1. The van der Waals surface area contributed by atoms with Crippen molar-refractivity contribution in [3.63, 3.8) is 0 Å². The van der Waals surface area contributed by atoms with Crippen LogP contribution in [0.25, 0.3) is 16.6 Å². The Morgan fingerprint density at radius 3 is 2.46 bits per heavy atom. The van der Waals surface area contributed by atoms with Gasteiger partial charge in [0.25, 0.3) is 11.5 Å².